The summed E-state index contributed by atoms with van der Waals surface area (Å²) in [6.45, 7) is 4.25. The fraction of sp³-hybridized carbons (Fsp3) is 0.429. The molecule has 5 nitrogen and oxygen atoms in total. The van der Waals surface area contributed by atoms with Gasteiger partial charge in [-0.2, -0.15) is 0 Å². The summed E-state index contributed by atoms with van der Waals surface area (Å²) in [4.78, 5) is 10.9. The zero-order chi connectivity index (χ0) is 18.9. The highest BCUT2D eigenvalue weighted by molar-refractivity contribution is 5.79. The molecule has 0 aliphatic carbocycles. The number of pyridine rings is 1. The summed E-state index contributed by atoms with van der Waals surface area (Å²) < 4.78 is 13.8. The van der Waals surface area contributed by atoms with Gasteiger partial charge in [0, 0.05) is 31.9 Å². The minimum absolute atomic E-state index is 0.107. The molecular weight excluding hydrogens is 341 g/mol. The molecule has 0 saturated carbocycles. The van der Waals surface area contributed by atoms with E-state index >= 15 is 0 Å². The third-order valence-electron chi connectivity index (χ3n) is 5.00. The van der Waals surface area contributed by atoms with E-state index in [0.717, 1.165) is 49.7 Å². The molecule has 0 atom stereocenters. The predicted molar refractivity (Wildman–Crippen MR) is 107 cm³/mol. The van der Waals surface area contributed by atoms with Crippen molar-refractivity contribution in [3.05, 3.63) is 65.7 Å². The van der Waals surface area contributed by atoms with Gasteiger partial charge in [-0.15, -0.1) is 0 Å². The van der Waals surface area contributed by atoms with Crippen molar-refractivity contribution in [3.63, 3.8) is 0 Å². The van der Waals surface area contributed by atoms with Gasteiger partial charge in [-0.05, 0) is 50.0 Å². The Hall–Kier alpha value is -2.47. The second kappa shape index (κ2) is 10.0. The lowest BCUT2D eigenvalue weighted by Gasteiger charge is -2.32. The summed E-state index contributed by atoms with van der Waals surface area (Å²) >= 11 is 0. The van der Waals surface area contributed by atoms with Crippen LogP contribution in [0.15, 0.2) is 53.7 Å². The minimum Gasteiger partial charge on any atom is -0.356 e. The lowest BCUT2D eigenvalue weighted by molar-refractivity contribution is 0.176. The average Bonchev–Trinajstić information content (AvgIpc) is 2.72. The number of aliphatic imine (C=N–C) groups is 1. The summed E-state index contributed by atoms with van der Waals surface area (Å²) in [6, 6.07) is 12.9. The van der Waals surface area contributed by atoms with Crippen LogP contribution in [0, 0.1) is 11.7 Å². The molecule has 6 heteroatoms. The topological polar surface area (TPSA) is 52.6 Å². The zero-order valence-corrected chi connectivity index (χ0v) is 15.9. The Kier molecular flexibility index (Phi) is 7.16. The van der Waals surface area contributed by atoms with Gasteiger partial charge in [0.1, 0.15) is 5.82 Å². The molecule has 0 unspecified atom stereocenters. The fourth-order valence-electron chi connectivity index (χ4n) is 3.35. The number of piperidine rings is 1. The van der Waals surface area contributed by atoms with Gasteiger partial charge in [-0.25, -0.2) is 4.39 Å². The number of rotatable bonds is 6. The molecule has 0 amide bonds. The molecule has 1 saturated heterocycles. The van der Waals surface area contributed by atoms with Crippen molar-refractivity contribution >= 4 is 5.96 Å². The van der Waals surface area contributed by atoms with E-state index in [4.69, 9.17) is 0 Å². The molecule has 2 heterocycles. The first-order valence-corrected chi connectivity index (χ1v) is 9.55. The van der Waals surface area contributed by atoms with Crippen molar-refractivity contribution in [1.29, 1.82) is 0 Å². The Labute approximate surface area is 160 Å². The lowest BCUT2D eigenvalue weighted by atomic mass is 9.96. The van der Waals surface area contributed by atoms with E-state index in [1.54, 1.807) is 19.3 Å². The summed E-state index contributed by atoms with van der Waals surface area (Å²) in [6.07, 6.45) is 4.01. The number of guanidine groups is 1. The molecule has 1 aliphatic heterocycles. The Morgan fingerprint density at radius 1 is 1.15 bits per heavy atom. The largest absolute Gasteiger partial charge is 0.356 e. The summed E-state index contributed by atoms with van der Waals surface area (Å²) in [5.74, 6) is 1.30. The highest BCUT2D eigenvalue weighted by Gasteiger charge is 2.20. The Balaban J connectivity index is 1.38. The average molecular weight is 369 g/mol. The maximum Gasteiger partial charge on any atom is 0.191 e. The molecule has 0 bridgehead atoms. The van der Waals surface area contributed by atoms with Crippen LogP contribution in [0.3, 0.4) is 0 Å². The van der Waals surface area contributed by atoms with Gasteiger partial charge in [0.15, 0.2) is 5.96 Å². The Bertz CT molecular complexity index is 726. The van der Waals surface area contributed by atoms with E-state index in [9.17, 15) is 4.39 Å². The Morgan fingerprint density at radius 3 is 2.63 bits per heavy atom. The molecule has 0 radical (unpaired) electrons. The highest BCUT2D eigenvalue weighted by atomic mass is 19.1. The van der Waals surface area contributed by atoms with Crippen LogP contribution < -0.4 is 10.6 Å². The van der Waals surface area contributed by atoms with Gasteiger partial charge in [0.05, 0.1) is 12.2 Å². The van der Waals surface area contributed by atoms with Gasteiger partial charge >= 0.3 is 0 Å². The van der Waals surface area contributed by atoms with Crippen LogP contribution in [0.1, 0.15) is 24.1 Å². The van der Waals surface area contributed by atoms with Gasteiger partial charge in [0.25, 0.3) is 0 Å². The van der Waals surface area contributed by atoms with E-state index in [1.165, 1.54) is 6.07 Å². The van der Waals surface area contributed by atoms with Gasteiger partial charge < -0.3 is 10.6 Å². The van der Waals surface area contributed by atoms with Crippen LogP contribution in [0.2, 0.25) is 0 Å². The molecule has 0 spiro atoms. The predicted octanol–water partition coefficient (Wildman–Crippen LogP) is 2.80. The van der Waals surface area contributed by atoms with Gasteiger partial charge in [0.2, 0.25) is 0 Å². The van der Waals surface area contributed by atoms with Crippen LogP contribution in [0.4, 0.5) is 4.39 Å². The van der Waals surface area contributed by atoms with Crippen molar-refractivity contribution in [1.82, 2.24) is 20.5 Å². The quantitative estimate of drug-likeness (QED) is 0.607. The fourth-order valence-corrected chi connectivity index (χ4v) is 3.35. The molecule has 1 aromatic carbocycles. The monoisotopic (exact) mass is 369 g/mol. The number of nitrogens with zero attached hydrogens (tertiary/aromatic N) is 3. The normalized spacial score (nSPS) is 16.3. The molecule has 144 valence electrons. The SMILES string of the molecule is CN=C(NCc1ccccn1)NCC1CCN(Cc2ccccc2F)CC1. The van der Waals surface area contributed by atoms with Crippen molar-refractivity contribution in [2.45, 2.75) is 25.9 Å². The number of nitrogens with one attached hydrogen (secondary N) is 2. The van der Waals surface area contributed by atoms with E-state index in [2.05, 4.69) is 25.5 Å². The summed E-state index contributed by atoms with van der Waals surface area (Å²) in [7, 11) is 1.78. The minimum atomic E-state index is -0.107. The van der Waals surface area contributed by atoms with E-state index in [1.807, 2.05) is 30.3 Å². The highest BCUT2D eigenvalue weighted by Crippen LogP contribution is 2.19. The molecule has 1 fully saturated rings. The molecule has 2 N–H and O–H groups in total. The molecule has 1 aromatic heterocycles. The van der Waals surface area contributed by atoms with Crippen molar-refractivity contribution in [2.75, 3.05) is 26.7 Å². The first kappa shape index (κ1) is 19.3. The number of benzene rings is 1. The Morgan fingerprint density at radius 2 is 1.93 bits per heavy atom. The van der Waals surface area contributed by atoms with Crippen molar-refractivity contribution in [3.8, 4) is 0 Å². The molecule has 3 rings (SSSR count). The second-order valence-electron chi connectivity index (χ2n) is 6.94. The number of hydrogen-bond acceptors (Lipinski definition) is 3. The molecule has 1 aliphatic rings. The van der Waals surface area contributed by atoms with Gasteiger partial charge in [-0.1, -0.05) is 24.3 Å². The third-order valence-corrected chi connectivity index (χ3v) is 5.00. The number of hydrogen-bond donors (Lipinski definition) is 2. The molecule has 27 heavy (non-hydrogen) atoms. The van der Waals surface area contributed by atoms with Crippen LogP contribution in [-0.4, -0.2) is 42.5 Å². The molecule has 2 aromatic rings. The second-order valence-corrected chi connectivity index (χ2v) is 6.94. The van der Waals surface area contributed by atoms with E-state index in [0.29, 0.717) is 19.0 Å². The number of aromatic nitrogens is 1. The summed E-state index contributed by atoms with van der Waals surface area (Å²) in [5.41, 5.74) is 1.77. The maximum atomic E-state index is 13.8. The van der Waals surface area contributed by atoms with Crippen LogP contribution >= 0.6 is 0 Å². The van der Waals surface area contributed by atoms with E-state index < -0.39 is 0 Å². The van der Waals surface area contributed by atoms with Crippen LogP contribution in [-0.2, 0) is 13.1 Å². The first-order valence-electron chi connectivity index (χ1n) is 9.55. The number of likely N-dealkylation sites (tertiary alicyclic amines) is 1. The van der Waals surface area contributed by atoms with Crippen molar-refractivity contribution in [2.24, 2.45) is 10.9 Å². The lowest BCUT2D eigenvalue weighted by Crippen LogP contribution is -2.42. The zero-order valence-electron chi connectivity index (χ0n) is 15.9. The maximum absolute atomic E-state index is 13.8. The van der Waals surface area contributed by atoms with Crippen molar-refractivity contribution < 1.29 is 4.39 Å². The number of halogens is 1. The van der Waals surface area contributed by atoms with E-state index in [-0.39, 0.29) is 5.82 Å². The molecular formula is C21H28FN5. The van der Waals surface area contributed by atoms with Gasteiger partial charge in [-0.3, -0.25) is 14.9 Å². The van der Waals surface area contributed by atoms with Crippen LogP contribution in [0.5, 0.6) is 0 Å². The smallest absolute Gasteiger partial charge is 0.191 e. The standard InChI is InChI=1S/C21H28FN5/c1-23-21(26-15-19-7-4-5-11-24-19)25-14-17-9-12-27(13-10-17)16-18-6-2-3-8-20(18)22/h2-8,11,17H,9-10,12-16H2,1H3,(H2,23,25,26). The summed E-state index contributed by atoms with van der Waals surface area (Å²) in [5, 5.41) is 6.71. The first-order chi connectivity index (χ1) is 13.2. The van der Waals surface area contributed by atoms with Crippen LogP contribution in [0.25, 0.3) is 0 Å². The third kappa shape index (κ3) is 6.03.